The molecule has 0 aliphatic carbocycles. The van der Waals surface area contributed by atoms with Gasteiger partial charge in [-0.2, -0.15) is 0 Å². The fraction of sp³-hybridized carbons (Fsp3) is 0.214. The number of fused-ring (bicyclic) bond motifs is 1. The van der Waals surface area contributed by atoms with Crippen LogP contribution in [0.3, 0.4) is 0 Å². The number of thioether (sulfide) groups is 1. The zero-order valence-electron chi connectivity index (χ0n) is 10.0. The molecule has 3 nitrogen and oxygen atoms in total. The molecule has 0 saturated heterocycles. The standard InChI is InChI=1S/C14H12O3S2/c15-14(16)13-6-10(8-18-13)17-7-11-5-9-3-1-2-4-12(9)19-11/h1-4,6,8,11H,5,7H2,(H,15,16). The lowest BCUT2D eigenvalue weighted by Crippen LogP contribution is -2.13. The summed E-state index contributed by atoms with van der Waals surface area (Å²) in [6.45, 7) is 0.606. The molecule has 1 aromatic carbocycles. The van der Waals surface area contributed by atoms with E-state index in [1.165, 1.54) is 21.8 Å². The number of hydrogen-bond acceptors (Lipinski definition) is 4. The number of carboxylic acids is 1. The predicted molar refractivity (Wildman–Crippen MR) is 76.6 cm³/mol. The minimum absolute atomic E-state index is 0.317. The normalized spacial score (nSPS) is 17.2. The minimum Gasteiger partial charge on any atom is -0.492 e. The van der Waals surface area contributed by atoms with Crippen molar-refractivity contribution < 1.29 is 14.6 Å². The van der Waals surface area contributed by atoms with Crippen LogP contribution in [0.15, 0.2) is 40.6 Å². The average molecular weight is 292 g/mol. The number of thiophene rings is 1. The number of rotatable bonds is 4. The van der Waals surface area contributed by atoms with Gasteiger partial charge in [-0.25, -0.2) is 4.79 Å². The van der Waals surface area contributed by atoms with Crippen LogP contribution >= 0.6 is 23.1 Å². The maximum atomic E-state index is 10.8. The van der Waals surface area contributed by atoms with Gasteiger partial charge >= 0.3 is 5.97 Å². The number of benzene rings is 1. The van der Waals surface area contributed by atoms with Crippen molar-refractivity contribution in [3.8, 4) is 5.75 Å². The van der Waals surface area contributed by atoms with Crippen molar-refractivity contribution in [2.75, 3.05) is 6.61 Å². The first-order valence-electron chi connectivity index (χ1n) is 5.91. The maximum absolute atomic E-state index is 10.8. The first-order chi connectivity index (χ1) is 9.22. The van der Waals surface area contributed by atoms with Crippen molar-refractivity contribution in [2.45, 2.75) is 16.6 Å². The van der Waals surface area contributed by atoms with Gasteiger partial charge < -0.3 is 9.84 Å². The van der Waals surface area contributed by atoms with E-state index in [1.807, 2.05) is 17.8 Å². The Kier molecular flexibility index (Phi) is 3.48. The number of hydrogen-bond donors (Lipinski definition) is 1. The zero-order chi connectivity index (χ0) is 13.2. The Hall–Kier alpha value is -1.46. The number of aromatic carboxylic acids is 1. The lowest BCUT2D eigenvalue weighted by molar-refractivity contribution is 0.0702. The Labute approximate surface area is 119 Å². The molecule has 0 amide bonds. The topological polar surface area (TPSA) is 46.5 Å². The average Bonchev–Trinajstić information content (AvgIpc) is 3.02. The van der Waals surface area contributed by atoms with Gasteiger partial charge in [-0.3, -0.25) is 0 Å². The lowest BCUT2D eigenvalue weighted by Gasteiger charge is -2.09. The van der Waals surface area contributed by atoms with Crippen LogP contribution < -0.4 is 4.74 Å². The van der Waals surface area contributed by atoms with E-state index in [0.717, 1.165) is 6.42 Å². The molecule has 0 saturated carbocycles. The molecule has 98 valence electrons. The molecule has 0 bridgehead atoms. The predicted octanol–water partition coefficient (Wildman–Crippen LogP) is 3.54. The van der Waals surface area contributed by atoms with Gasteiger partial charge in [0.1, 0.15) is 17.2 Å². The highest BCUT2D eigenvalue weighted by Gasteiger charge is 2.22. The van der Waals surface area contributed by atoms with Crippen molar-refractivity contribution in [2.24, 2.45) is 0 Å². The van der Waals surface area contributed by atoms with Crippen molar-refractivity contribution in [3.63, 3.8) is 0 Å². The Bertz CT molecular complexity index is 581. The highest BCUT2D eigenvalue weighted by Crippen LogP contribution is 2.37. The summed E-state index contributed by atoms with van der Waals surface area (Å²) < 4.78 is 5.68. The van der Waals surface area contributed by atoms with E-state index in [0.29, 0.717) is 22.5 Å². The second kappa shape index (κ2) is 5.27. The van der Waals surface area contributed by atoms with Gasteiger partial charge in [0.15, 0.2) is 0 Å². The monoisotopic (exact) mass is 292 g/mol. The molecule has 1 atom stereocenters. The highest BCUT2D eigenvalue weighted by atomic mass is 32.2. The van der Waals surface area contributed by atoms with E-state index in [4.69, 9.17) is 9.84 Å². The van der Waals surface area contributed by atoms with Crippen LogP contribution in [0, 0.1) is 0 Å². The Morgan fingerprint density at radius 1 is 1.42 bits per heavy atom. The maximum Gasteiger partial charge on any atom is 0.346 e. The van der Waals surface area contributed by atoms with E-state index in [2.05, 4.69) is 18.2 Å². The minimum atomic E-state index is -0.900. The summed E-state index contributed by atoms with van der Waals surface area (Å²) in [4.78, 5) is 12.4. The molecular weight excluding hydrogens is 280 g/mol. The van der Waals surface area contributed by atoms with Crippen LogP contribution in [0.1, 0.15) is 15.2 Å². The number of carboxylic acid groups (broad SMARTS) is 1. The van der Waals surface area contributed by atoms with Gasteiger partial charge in [-0.05, 0) is 18.1 Å². The Balaban J connectivity index is 1.58. The van der Waals surface area contributed by atoms with Crippen LogP contribution in [-0.2, 0) is 6.42 Å². The molecule has 2 aromatic rings. The molecule has 3 rings (SSSR count). The summed E-state index contributed by atoms with van der Waals surface area (Å²) in [6, 6.07) is 9.97. The van der Waals surface area contributed by atoms with Crippen LogP contribution in [-0.4, -0.2) is 22.9 Å². The molecule has 1 aliphatic heterocycles. The third kappa shape index (κ3) is 2.77. The molecule has 0 spiro atoms. The van der Waals surface area contributed by atoms with Gasteiger partial charge in [0.2, 0.25) is 0 Å². The third-order valence-corrected chi connectivity index (χ3v) is 5.12. The van der Waals surface area contributed by atoms with Gasteiger partial charge in [-0.15, -0.1) is 23.1 Å². The highest BCUT2D eigenvalue weighted by molar-refractivity contribution is 8.00. The molecule has 0 fully saturated rings. The lowest BCUT2D eigenvalue weighted by atomic mass is 10.1. The smallest absolute Gasteiger partial charge is 0.346 e. The van der Waals surface area contributed by atoms with Gasteiger partial charge in [0.05, 0.1) is 0 Å². The van der Waals surface area contributed by atoms with Crippen molar-refractivity contribution in [1.82, 2.24) is 0 Å². The summed E-state index contributed by atoms with van der Waals surface area (Å²) >= 11 is 3.03. The van der Waals surface area contributed by atoms with Crippen LogP contribution in [0.2, 0.25) is 0 Å². The van der Waals surface area contributed by atoms with E-state index in [9.17, 15) is 4.79 Å². The van der Waals surface area contributed by atoms with E-state index < -0.39 is 5.97 Å². The molecule has 1 aliphatic rings. The van der Waals surface area contributed by atoms with Gasteiger partial charge in [-0.1, -0.05) is 18.2 Å². The number of carbonyl (C=O) groups is 1. The third-order valence-electron chi connectivity index (χ3n) is 2.94. The fourth-order valence-electron chi connectivity index (χ4n) is 2.04. The number of ether oxygens (including phenoxy) is 1. The first kappa shape index (κ1) is 12.6. The molecule has 1 unspecified atom stereocenters. The van der Waals surface area contributed by atoms with Crippen LogP contribution in [0.5, 0.6) is 5.75 Å². The van der Waals surface area contributed by atoms with E-state index >= 15 is 0 Å². The van der Waals surface area contributed by atoms with Crippen molar-refractivity contribution in [1.29, 1.82) is 0 Å². The van der Waals surface area contributed by atoms with Crippen molar-refractivity contribution in [3.05, 3.63) is 46.2 Å². The van der Waals surface area contributed by atoms with Gasteiger partial charge in [0, 0.05) is 21.6 Å². The zero-order valence-corrected chi connectivity index (χ0v) is 11.7. The SMILES string of the molecule is O=C(O)c1cc(OCC2Cc3ccccc3S2)cs1. The van der Waals surface area contributed by atoms with Crippen LogP contribution in [0.4, 0.5) is 0 Å². The fourth-order valence-corrected chi connectivity index (χ4v) is 3.92. The largest absolute Gasteiger partial charge is 0.492 e. The first-order valence-corrected chi connectivity index (χ1v) is 7.67. The molecular formula is C14H12O3S2. The Morgan fingerprint density at radius 2 is 2.26 bits per heavy atom. The molecule has 5 heteroatoms. The Morgan fingerprint density at radius 3 is 3.00 bits per heavy atom. The molecule has 19 heavy (non-hydrogen) atoms. The van der Waals surface area contributed by atoms with Crippen molar-refractivity contribution >= 4 is 29.1 Å². The summed E-state index contributed by atoms with van der Waals surface area (Å²) in [5.41, 5.74) is 1.37. The van der Waals surface area contributed by atoms with E-state index in [1.54, 1.807) is 11.4 Å². The molecule has 2 heterocycles. The summed E-state index contributed by atoms with van der Waals surface area (Å²) in [7, 11) is 0. The summed E-state index contributed by atoms with van der Waals surface area (Å²) in [5.74, 6) is -0.249. The van der Waals surface area contributed by atoms with Gasteiger partial charge in [0.25, 0.3) is 0 Å². The second-order valence-corrected chi connectivity index (χ2v) is 6.57. The van der Waals surface area contributed by atoms with E-state index in [-0.39, 0.29) is 0 Å². The molecule has 1 aromatic heterocycles. The second-order valence-electron chi connectivity index (χ2n) is 4.31. The quantitative estimate of drug-likeness (QED) is 0.936. The summed E-state index contributed by atoms with van der Waals surface area (Å²) in [5, 5.41) is 11.0. The summed E-state index contributed by atoms with van der Waals surface area (Å²) in [6.07, 6.45) is 1.01. The molecule has 1 N–H and O–H groups in total. The molecule has 0 radical (unpaired) electrons. The van der Waals surface area contributed by atoms with Crippen LogP contribution in [0.25, 0.3) is 0 Å².